The number of rotatable bonds is 9. The van der Waals surface area contributed by atoms with Crippen molar-refractivity contribution in [2.24, 2.45) is 14.6 Å². The first-order valence-electron chi connectivity index (χ1n) is 8.49. The number of nitrogens with zero attached hydrogens (tertiary/aromatic N) is 5. The average Bonchev–Trinajstić information content (AvgIpc) is 2.69. The molecule has 0 aliphatic heterocycles. The van der Waals surface area contributed by atoms with Gasteiger partial charge in [-0.3, -0.25) is 0 Å². The van der Waals surface area contributed by atoms with Gasteiger partial charge in [0.1, 0.15) is 11.4 Å². The van der Waals surface area contributed by atoms with Crippen molar-refractivity contribution in [3.8, 4) is 0 Å². The van der Waals surface area contributed by atoms with Crippen molar-refractivity contribution in [3.05, 3.63) is 41.0 Å². The van der Waals surface area contributed by atoms with Crippen molar-refractivity contribution in [3.63, 3.8) is 0 Å². The van der Waals surface area contributed by atoms with E-state index in [2.05, 4.69) is 39.7 Å². The Balaban J connectivity index is 2.54. The van der Waals surface area contributed by atoms with E-state index in [1.807, 2.05) is 18.7 Å². The maximum absolute atomic E-state index is 13.2. The fraction of sp³-hybridized carbons (Fsp3) is 0.353. The predicted molar refractivity (Wildman–Crippen MR) is 109 cm³/mol. The van der Waals surface area contributed by atoms with Crippen LogP contribution in [0.15, 0.2) is 55.6 Å². The number of anilines is 1. The summed E-state index contributed by atoms with van der Waals surface area (Å²) in [5.74, 6) is 0.280. The minimum atomic E-state index is -4.28. The van der Waals surface area contributed by atoms with Gasteiger partial charge in [-0.1, -0.05) is 0 Å². The summed E-state index contributed by atoms with van der Waals surface area (Å²) in [7, 11) is -4.28. The molecule has 1 aromatic carbocycles. The van der Waals surface area contributed by atoms with Gasteiger partial charge in [0.05, 0.1) is 0 Å². The van der Waals surface area contributed by atoms with Crippen molar-refractivity contribution < 1.29 is 21.6 Å². The van der Waals surface area contributed by atoms with Crippen LogP contribution >= 0.6 is 15.9 Å². The molecular formula is C17H19BrF3N5O2S. The molecule has 0 saturated carbocycles. The van der Waals surface area contributed by atoms with Crippen LogP contribution in [-0.2, 0) is 14.2 Å². The summed E-state index contributed by atoms with van der Waals surface area (Å²) in [6.07, 6.45) is 1.52. The highest BCUT2D eigenvalue weighted by Gasteiger charge is 2.18. The smallest absolute Gasteiger partial charge is 0.357 e. The lowest BCUT2D eigenvalue weighted by Crippen LogP contribution is -2.21. The Morgan fingerprint density at radius 2 is 1.90 bits per heavy atom. The van der Waals surface area contributed by atoms with E-state index in [0.29, 0.717) is 18.8 Å². The molecule has 0 amide bonds. The Labute approximate surface area is 175 Å². The Morgan fingerprint density at radius 3 is 2.45 bits per heavy atom. The Kier molecular flexibility index (Phi) is 8.53. The fourth-order valence-electron chi connectivity index (χ4n) is 2.32. The van der Waals surface area contributed by atoms with Crippen molar-refractivity contribution in [1.29, 1.82) is 0 Å². The first kappa shape index (κ1) is 23.2. The zero-order chi connectivity index (χ0) is 21.4. The summed E-state index contributed by atoms with van der Waals surface area (Å²) < 4.78 is 58.9. The van der Waals surface area contributed by atoms with Crippen molar-refractivity contribution >= 4 is 48.8 Å². The van der Waals surface area contributed by atoms with Crippen LogP contribution in [0.3, 0.4) is 0 Å². The number of alkyl halides is 3. The van der Waals surface area contributed by atoms with Gasteiger partial charge in [0.25, 0.3) is 0 Å². The topological polar surface area (TPSA) is 79.5 Å². The lowest BCUT2D eigenvalue weighted by Gasteiger charge is -2.21. The molecule has 0 saturated heterocycles. The predicted octanol–water partition coefficient (Wildman–Crippen LogP) is 6.29. The molecule has 1 aromatic heterocycles. The van der Waals surface area contributed by atoms with Crippen LogP contribution in [0.1, 0.15) is 13.8 Å². The molecule has 2 rings (SSSR count). The highest BCUT2D eigenvalue weighted by molar-refractivity contribution is 9.10. The largest absolute Gasteiger partial charge is 0.372 e. The summed E-state index contributed by atoms with van der Waals surface area (Å²) in [6, 6.07) is 6.33. The third-order valence-electron chi connectivity index (χ3n) is 3.66. The molecule has 0 aliphatic rings. The van der Waals surface area contributed by atoms with E-state index in [0.717, 1.165) is 4.47 Å². The van der Waals surface area contributed by atoms with Crippen molar-refractivity contribution in [1.82, 2.24) is 4.98 Å². The van der Waals surface area contributed by atoms with Gasteiger partial charge in [0.15, 0.2) is 11.8 Å². The van der Waals surface area contributed by atoms with Crippen LogP contribution in [0.4, 0.5) is 36.1 Å². The summed E-state index contributed by atoms with van der Waals surface area (Å²) in [6.45, 7) is 1.73. The fourth-order valence-corrected chi connectivity index (χ4v) is 3.37. The number of benzene rings is 1. The van der Waals surface area contributed by atoms with E-state index in [9.17, 15) is 17.4 Å². The van der Waals surface area contributed by atoms with Gasteiger partial charge in [-0.25, -0.2) is 17.8 Å². The van der Waals surface area contributed by atoms with Crippen LogP contribution in [0.2, 0.25) is 0 Å². The van der Waals surface area contributed by atoms with Gasteiger partial charge in [0, 0.05) is 29.4 Å². The lowest BCUT2D eigenvalue weighted by atomic mass is 10.2. The van der Waals surface area contributed by atoms with E-state index < -0.39 is 22.6 Å². The molecule has 1 heterocycles. The van der Waals surface area contributed by atoms with E-state index in [4.69, 9.17) is 0 Å². The number of pyridine rings is 1. The zero-order valence-corrected chi connectivity index (χ0v) is 18.0. The van der Waals surface area contributed by atoms with Crippen LogP contribution in [0.25, 0.3) is 0 Å². The number of halogens is 4. The van der Waals surface area contributed by atoms with Crippen LogP contribution in [0, 0.1) is 0 Å². The molecule has 0 bridgehead atoms. The summed E-state index contributed by atoms with van der Waals surface area (Å²) in [5.41, 5.74) is 0.690. The molecule has 158 valence electrons. The highest BCUT2D eigenvalue weighted by atomic mass is 79.9. The minimum absolute atomic E-state index is 0.0847. The number of hydrogen-bond donors (Lipinski definition) is 0. The summed E-state index contributed by atoms with van der Waals surface area (Å²) in [5, 5.41) is 7.95. The second kappa shape index (κ2) is 10.6. The van der Waals surface area contributed by atoms with E-state index >= 15 is 0 Å². The Hall–Kier alpha value is -2.05. The van der Waals surface area contributed by atoms with Crippen LogP contribution in [-0.4, -0.2) is 34.9 Å². The van der Waals surface area contributed by atoms with Gasteiger partial charge in [-0.2, -0.15) is 13.1 Å². The van der Waals surface area contributed by atoms with Crippen LogP contribution < -0.4 is 4.90 Å². The molecule has 1 unspecified atom stereocenters. The third-order valence-corrected chi connectivity index (χ3v) is 5.32. The summed E-state index contributed by atoms with van der Waals surface area (Å²) in [4.78, 5) is 5.98. The molecule has 0 radical (unpaired) electrons. The SMILES string of the molecule is CCN(CC)c1ccc(N=Nc2ccc(Br)cn2)c(N=S(=O)(CF)OC(F)F)c1. The first-order valence-corrected chi connectivity index (χ1v) is 10.9. The highest BCUT2D eigenvalue weighted by Crippen LogP contribution is 2.35. The number of aromatic nitrogens is 1. The van der Waals surface area contributed by atoms with E-state index in [-0.39, 0.29) is 17.2 Å². The third kappa shape index (κ3) is 6.75. The van der Waals surface area contributed by atoms with Crippen molar-refractivity contribution in [2.75, 3.05) is 24.0 Å². The molecule has 29 heavy (non-hydrogen) atoms. The van der Waals surface area contributed by atoms with Crippen LogP contribution in [0.5, 0.6) is 0 Å². The van der Waals surface area contributed by atoms with Gasteiger partial charge < -0.3 is 4.90 Å². The van der Waals surface area contributed by atoms with Gasteiger partial charge >= 0.3 is 6.61 Å². The molecule has 12 heteroatoms. The maximum atomic E-state index is 13.2. The summed E-state index contributed by atoms with van der Waals surface area (Å²) >= 11 is 3.25. The number of azo groups is 1. The average molecular weight is 494 g/mol. The van der Waals surface area contributed by atoms with Gasteiger partial charge in [-0.15, -0.1) is 10.2 Å². The molecule has 0 fully saturated rings. The standard InChI is InChI=1S/C17H19BrF3N5O2S/c1-3-26(4-2)13-6-7-14(23-24-16-8-5-12(18)10-22-16)15(9-13)25-29(27,11-19)28-17(20)21/h5-10,17H,3-4,11H2,1-2H3. The second-order valence-electron chi connectivity index (χ2n) is 5.52. The molecular weight excluding hydrogens is 475 g/mol. The molecule has 7 nitrogen and oxygen atoms in total. The minimum Gasteiger partial charge on any atom is -0.372 e. The maximum Gasteiger partial charge on any atom is 0.357 e. The molecule has 0 N–H and O–H groups in total. The quantitative estimate of drug-likeness (QED) is 0.384. The van der Waals surface area contributed by atoms with E-state index in [1.54, 1.807) is 18.2 Å². The molecule has 1 atom stereocenters. The molecule has 0 aliphatic carbocycles. The van der Waals surface area contributed by atoms with Gasteiger partial charge in [0.2, 0.25) is 10.0 Å². The Morgan fingerprint density at radius 1 is 1.17 bits per heavy atom. The monoisotopic (exact) mass is 493 g/mol. The first-order chi connectivity index (χ1) is 13.8. The van der Waals surface area contributed by atoms with Gasteiger partial charge in [-0.05, 0) is 60.1 Å². The molecule has 2 aromatic rings. The normalized spacial score (nSPS) is 13.6. The zero-order valence-electron chi connectivity index (χ0n) is 15.6. The second-order valence-corrected chi connectivity index (χ2v) is 8.19. The molecule has 0 spiro atoms. The van der Waals surface area contributed by atoms with Crippen molar-refractivity contribution in [2.45, 2.75) is 20.5 Å². The Bertz CT molecular complexity index is 962. The van der Waals surface area contributed by atoms with E-state index in [1.165, 1.54) is 18.3 Å². The number of hydrogen-bond acceptors (Lipinski definition) is 7. The lowest BCUT2D eigenvalue weighted by molar-refractivity contribution is -0.0421.